The zero-order valence-electron chi connectivity index (χ0n) is 12.5. The van der Waals surface area contributed by atoms with Crippen molar-refractivity contribution >= 4 is 11.8 Å². The molecule has 0 saturated carbocycles. The van der Waals surface area contributed by atoms with Crippen LogP contribution in [0.4, 0.5) is 0 Å². The molecular weight excluding hydrogens is 266 g/mol. The highest BCUT2D eigenvalue weighted by molar-refractivity contribution is 5.97. The van der Waals surface area contributed by atoms with E-state index in [1.54, 1.807) is 22.2 Å². The third kappa shape index (κ3) is 2.41. The van der Waals surface area contributed by atoms with E-state index >= 15 is 0 Å². The molecule has 0 radical (unpaired) electrons. The molecule has 3 rings (SSSR count). The van der Waals surface area contributed by atoms with E-state index in [1.165, 1.54) is 0 Å². The third-order valence-corrected chi connectivity index (χ3v) is 4.43. The molecule has 0 aromatic carbocycles. The van der Waals surface area contributed by atoms with Gasteiger partial charge in [0.15, 0.2) is 0 Å². The van der Waals surface area contributed by atoms with E-state index in [4.69, 9.17) is 0 Å². The zero-order chi connectivity index (χ0) is 15.0. The van der Waals surface area contributed by atoms with Gasteiger partial charge in [0.05, 0.1) is 0 Å². The molecule has 2 unspecified atom stereocenters. The average molecular weight is 287 g/mol. The molecule has 2 saturated heterocycles. The number of aromatic nitrogens is 1. The van der Waals surface area contributed by atoms with Crippen molar-refractivity contribution in [2.45, 2.75) is 45.3 Å². The minimum atomic E-state index is -0.347. The fraction of sp³-hybridized carbons (Fsp3) is 0.562. The number of rotatable bonds is 3. The Morgan fingerprint density at radius 3 is 2.62 bits per heavy atom. The highest BCUT2D eigenvalue weighted by atomic mass is 16.2. The lowest BCUT2D eigenvalue weighted by molar-refractivity contribution is -0.162. The van der Waals surface area contributed by atoms with Gasteiger partial charge in [0.2, 0.25) is 11.8 Å². The maximum absolute atomic E-state index is 12.8. The summed E-state index contributed by atoms with van der Waals surface area (Å²) in [5.74, 6) is 0.327. The van der Waals surface area contributed by atoms with Gasteiger partial charge in [-0.15, -0.1) is 0 Å². The van der Waals surface area contributed by atoms with Gasteiger partial charge in [-0.1, -0.05) is 13.8 Å². The van der Waals surface area contributed by atoms with Crippen molar-refractivity contribution in [1.82, 2.24) is 14.8 Å². The molecular formula is C16H21N3O2. The van der Waals surface area contributed by atoms with Crippen molar-refractivity contribution in [2.75, 3.05) is 6.54 Å². The SMILES string of the molecule is CC(C)C1C(=O)N2CCCC2C(=O)N1Cc1ccncc1. The molecule has 1 aromatic heterocycles. The molecule has 5 heteroatoms. The van der Waals surface area contributed by atoms with Crippen LogP contribution in [0.1, 0.15) is 32.3 Å². The fourth-order valence-corrected chi connectivity index (χ4v) is 3.43. The smallest absolute Gasteiger partial charge is 0.246 e. The van der Waals surface area contributed by atoms with Gasteiger partial charge < -0.3 is 9.80 Å². The second kappa shape index (κ2) is 5.47. The average Bonchev–Trinajstić information content (AvgIpc) is 2.95. The summed E-state index contributed by atoms with van der Waals surface area (Å²) in [7, 11) is 0. The molecule has 21 heavy (non-hydrogen) atoms. The lowest BCUT2D eigenvalue weighted by atomic mass is 9.95. The largest absolute Gasteiger partial charge is 0.329 e. The van der Waals surface area contributed by atoms with Gasteiger partial charge in [-0.2, -0.15) is 0 Å². The Balaban J connectivity index is 1.91. The molecule has 1 aromatic rings. The van der Waals surface area contributed by atoms with Crippen LogP contribution in [0.2, 0.25) is 0 Å². The number of hydrogen-bond donors (Lipinski definition) is 0. The molecule has 2 aliphatic heterocycles. The Morgan fingerprint density at radius 1 is 1.24 bits per heavy atom. The number of fused-ring (bicyclic) bond motifs is 1. The van der Waals surface area contributed by atoms with Crippen molar-refractivity contribution in [3.8, 4) is 0 Å². The van der Waals surface area contributed by atoms with E-state index in [0.717, 1.165) is 24.9 Å². The van der Waals surface area contributed by atoms with Crippen LogP contribution < -0.4 is 0 Å². The van der Waals surface area contributed by atoms with Crippen LogP contribution in [0.3, 0.4) is 0 Å². The first-order valence-corrected chi connectivity index (χ1v) is 7.59. The lowest BCUT2D eigenvalue weighted by Crippen LogP contribution is -2.63. The molecule has 0 aliphatic carbocycles. The van der Waals surface area contributed by atoms with Gasteiger partial charge in [0.1, 0.15) is 12.1 Å². The normalized spacial score (nSPS) is 25.7. The van der Waals surface area contributed by atoms with Crippen LogP contribution in [0, 0.1) is 5.92 Å². The summed E-state index contributed by atoms with van der Waals surface area (Å²) in [5, 5.41) is 0. The molecule has 0 spiro atoms. The first-order chi connectivity index (χ1) is 10.1. The number of hydrogen-bond acceptors (Lipinski definition) is 3. The quantitative estimate of drug-likeness (QED) is 0.845. The van der Waals surface area contributed by atoms with E-state index in [1.807, 2.05) is 26.0 Å². The third-order valence-electron chi connectivity index (χ3n) is 4.43. The summed E-state index contributed by atoms with van der Waals surface area (Å²) in [6.45, 7) is 5.22. The maximum atomic E-state index is 12.8. The molecule has 5 nitrogen and oxygen atoms in total. The topological polar surface area (TPSA) is 53.5 Å². The Kier molecular flexibility index (Phi) is 3.66. The summed E-state index contributed by atoms with van der Waals surface area (Å²) >= 11 is 0. The molecule has 2 aliphatic rings. The predicted octanol–water partition coefficient (Wildman–Crippen LogP) is 1.44. The Bertz CT molecular complexity index is 544. The van der Waals surface area contributed by atoms with E-state index in [-0.39, 0.29) is 29.8 Å². The minimum Gasteiger partial charge on any atom is -0.329 e. The van der Waals surface area contributed by atoms with Crippen LogP contribution in [0.25, 0.3) is 0 Å². The Hall–Kier alpha value is -1.91. The Morgan fingerprint density at radius 2 is 1.95 bits per heavy atom. The number of carbonyl (C=O) groups excluding carboxylic acids is 2. The summed E-state index contributed by atoms with van der Waals surface area (Å²) in [5.41, 5.74) is 1.02. The minimum absolute atomic E-state index is 0.0996. The van der Waals surface area contributed by atoms with E-state index in [9.17, 15) is 9.59 Å². The van der Waals surface area contributed by atoms with Crippen LogP contribution in [-0.4, -0.2) is 45.2 Å². The predicted molar refractivity (Wildman–Crippen MR) is 78.1 cm³/mol. The van der Waals surface area contributed by atoms with Crippen LogP contribution in [0.5, 0.6) is 0 Å². The van der Waals surface area contributed by atoms with Gasteiger partial charge in [-0.25, -0.2) is 0 Å². The fourth-order valence-electron chi connectivity index (χ4n) is 3.43. The second-order valence-electron chi connectivity index (χ2n) is 6.20. The molecule has 2 amide bonds. The summed E-state index contributed by atoms with van der Waals surface area (Å²) in [4.78, 5) is 33.1. The van der Waals surface area contributed by atoms with E-state index in [2.05, 4.69) is 4.98 Å². The summed E-state index contributed by atoms with van der Waals surface area (Å²) < 4.78 is 0. The van der Waals surface area contributed by atoms with Crippen molar-refractivity contribution < 1.29 is 9.59 Å². The van der Waals surface area contributed by atoms with Crippen molar-refractivity contribution in [3.05, 3.63) is 30.1 Å². The van der Waals surface area contributed by atoms with Crippen molar-refractivity contribution in [1.29, 1.82) is 0 Å². The van der Waals surface area contributed by atoms with E-state index < -0.39 is 0 Å². The zero-order valence-corrected chi connectivity index (χ0v) is 12.5. The number of piperazine rings is 1. The van der Waals surface area contributed by atoms with Gasteiger partial charge in [0, 0.05) is 25.5 Å². The monoisotopic (exact) mass is 287 g/mol. The van der Waals surface area contributed by atoms with Crippen LogP contribution >= 0.6 is 0 Å². The molecule has 0 bridgehead atoms. The van der Waals surface area contributed by atoms with Crippen LogP contribution in [-0.2, 0) is 16.1 Å². The number of amides is 2. The van der Waals surface area contributed by atoms with Crippen molar-refractivity contribution in [2.24, 2.45) is 5.92 Å². The van der Waals surface area contributed by atoms with Gasteiger partial charge in [0.25, 0.3) is 0 Å². The van der Waals surface area contributed by atoms with Gasteiger partial charge in [-0.3, -0.25) is 14.6 Å². The van der Waals surface area contributed by atoms with Crippen LogP contribution in [0.15, 0.2) is 24.5 Å². The molecule has 112 valence electrons. The molecule has 3 heterocycles. The highest BCUT2D eigenvalue weighted by Gasteiger charge is 2.48. The molecule has 0 N–H and O–H groups in total. The molecule has 2 fully saturated rings. The first-order valence-electron chi connectivity index (χ1n) is 7.59. The number of nitrogens with zero attached hydrogens (tertiary/aromatic N) is 3. The van der Waals surface area contributed by atoms with Crippen molar-refractivity contribution in [3.63, 3.8) is 0 Å². The second-order valence-corrected chi connectivity index (χ2v) is 6.20. The maximum Gasteiger partial charge on any atom is 0.246 e. The summed E-state index contributed by atoms with van der Waals surface area (Å²) in [6, 6.07) is 3.21. The lowest BCUT2D eigenvalue weighted by Gasteiger charge is -2.44. The number of pyridine rings is 1. The van der Waals surface area contributed by atoms with E-state index in [0.29, 0.717) is 6.54 Å². The Labute approximate surface area is 124 Å². The first kappa shape index (κ1) is 14.0. The number of carbonyl (C=O) groups is 2. The molecule has 2 atom stereocenters. The highest BCUT2D eigenvalue weighted by Crippen LogP contribution is 2.30. The van der Waals surface area contributed by atoms with Gasteiger partial charge >= 0.3 is 0 Å². The summed E-state index contributed by atoms with van der Waals surface area (Å²) in [6.07, 6.45) is 5.16. The van der Waals surface area contributed by atoms with Gasteiger partial charge in [-0.05, 0) is 36.5 Å². The standard InChI is InChI=1S/C16H21N3O2/c1-11(2)14-16(21)18-9-3-4-13(18)15(20)19(14)10-12-5-7-17-8-6-12/h5-8,11,13-14H,3-4,9-10H2,1-2H3.